The van der Waals surface area contributed by atoms with Gasteiger partial charge in [0.1, 0.15) is 11.5 Å². The van der Waals surface area contributed by atoms with Crippen molar-refractivity contribution in [3.8, 4) is 11.5 Å². The monoisotopic (exact) mass is 269 g/mol. The van der Waals surface area contributed by atoms with Gasteiger partial charge in [0, 0.05) is 18.4 Å². The van der Waals surface area contributed by atoms with Gasteiger partial charge < -0.3 is 0 Å². The summed E-state index contributed by atoms with van der Waals surface area (Å²) >= 11 is 0. The lowest BCUT2D eigenvalue weighted by Crippen LogP contribution is -2.20. The first-order valence-corrected chi connectivity index (χ1v) is 6.46. The van der Waals surface area contributed by atoms with Crippen LogP contribution in [0.15, 0.2) is 29.1 Å². The number of fused-ring (bicyclic) bond motifs is 1. The lowest BCUT2D eigenvalue weighted by Gasteiger charge is -2.04. The Morgan fingerprint density at radius 1 is 1.20 bits per heavy atom. The topological polar surface area (TPSA) is 76.5 Å². The number of aromatic nitrogens is 5. The zero-order valence-electron chi connectivity index (χ0n) is 11.6. The van der Waals surface area contributed by atoms with Crippen LogP contribution in [0.1, 0.15) is 25.6 Å². The van der Waals surface area contributed by atoms with Gasteiger partial charge in [-0.3, -0.25) is 9.89 Å². The molecule has 0 aliphatic rings. The molecule has 6 nitrogen and oxygen atoms in total. The maximum atomic E-state index is 12.1. The number of aromatic amines is 1. The average molecular weight is 269 g/mol. The van der Waals surface area contributed by atoms with Crippen LogP contribution in [0.3, 0.4) is 0 Å². The van der Waals surface area contributed by atoms with E-state index in [2.05, 4.69) is 20.3 Å². The van der Waals surface area contributed by atoms with Gasteiger partial charge in [-0.25, -0.2) is 9.67 Å². The van der Waals surface area contributed by atoms with Crippen LogP contribution in [0.5, 0.6) is 0 Å². The summed E-state index contributed by atoms with van der Waals surface area (Å²) < 4.78 is 1.32. The minimum atomic E-state index is -0.121. The Labute approximate surface area is 115 Å². The van der Waals surface area contributed by atoms with Crippen LogP contribution in [0.2, 0.25) is 0 Å². The molecule has 0 saturated carbocycles. The first kappa shape index (κ1) is 12.5. The summed E-state index contributed by atoms with van der Waals surface area (Å²) in [5.74, 6) is 1.58. The summed E-state index contributed by atoms with van der Waals surface area (Å²) in [6.45, 7) is 4.08. The van der Waals surface area contributed by atoms with E-state index in [-0.39, 0.29) is 11.5 Å². The molecule has 20 heavy (non-hydrogen) atoms. The van der Waals surface area contributed by atoms with Crippen molar-refractivity contribution in [1.29, 1.82) is 0 Å². The fourth-order valence-electron chi connectivity index (χ4n) is 2.10. The normalized spacial score (nSPS) is 11.4. The molecule has 2 heterocycles. The second-order valence-electron chi connectivity index (χ2n) is 5.02. The standard InChI is InChI=1S/C14H15N5O/c1-8(2)12-15-13(17-16-12)11-9-6-4-5-7-10(9)14(20)19(3)18-11/h4-8H,1-3H3,(H,15,16,17). The Bertz CT molecular complexity index is 831. The van der Waals surface area contributed by atoms with Crippen molar-refractivity contribution in [2.45, 2.75) is 19.8 Å². The molecular formula is C14H15N5O. The van der Waals surface area contributed by atoms with Crippen LogP contribution in [0, 0.1) is 0 Å². The Balaban J connectivity index is 2.30. The van der Waals surface area contributed by atoms with Crippen molar-refractivity contribution >= 4 is 10.8 Å². The van der Waals surface area contributed by atoms with Gasteiger partial charge in [-0.2, -0.15) is 10.2 Å². The van der Waals surface area contributed by atoms with Crippen LogP contribution in [-0.4, -0.2) is 25.0 Å². The fourth-order valence-corrected chi connectivity index (χ4v) is 2.10. The highest BCUT2D eigenvalue weighted by atomic mass is 16.1. The molecule has 1 N–H and O–H groups in total. The van der Waals surface area contributed by atoms with Crippen molar-refractivity contribution < 1.29 is 0 Å². The van der Waals surface area contributed by atoms with E-state index in [1.165, 1.54) is 4.68 Å². The maximum absolute atomic E-state index is 12.1. The van der Waals surface area contributed by atoms with Crippen molar-refractivity contribution in [3.63, 3.8) is 0 Å². The predicted octanol–water partition coefficient (Wildman–Crippen LogP) is 1.84. The van der Waals surface area contributed by atoms with Crippen LogP contribution >= 0.6 is 0 Å². The number of H-pyrrole nitrogens is 1. The predicted molar refractivity (Wildman–Crippen MR) is 76.4 cm³/mol. The molecule has 0 fully saturated rings. The zero-order chi connectivity index (χ0) is 14.3. The minimum absolute atomic E-state index is 0.121. The Morgan fingerprint density at radius 3 is 2.55 bits per heavy atom. The second kappa shape index (κ2) is 4.56. The molecule has 0 amide bonds. The number of benzene rings is 1. The summed E-state index contributed by atoms with van der Waals surface area (Å²) in [6, 6.07) is 7.37. The molecule has 3 rings (SSSR count). The molecule has 0 aliphatic carbocycles. The fraction of sp³-hybridized carbons (Fsp3) is 0.286. The summed E-state index contributed by atoms with van der Waals surface area (Å²) in [5, 5.41) is 12.8. The second-order valence-corrected chi connectivity index (χ2v) is 5.02. The van der Waals surface area contributed by atoms with Crippen molar-refractivity contribution in [2.75, 3.05) is 0 Å². The van der Waals surface area contributed by atoms with E-state index in [1.54, 1.807) is 13.1 Å². The first-order chi connectivity index (χ1) is 9.58. The SMILES string of the molecule is CC(C)c1nc(-c2nn(C)c(=O)c3ccccc23)n[nH]1. The van der Waals surface area contributed by atoms with E-state index >= 15 is 0 Å². The van der Waals surface area contributed by atoms with Crippen molar-refractivity contribution in [3.05, 3.63) is 40.4 Å². The molecule has 0 unspecified atom stereocenters. The number of hydrogen-bond acceptors (Lipinski definition) is 4. The van der Waals surface area contributed by atoms with Gasteiger partial charge in [-0.15, -0.1) is 0 Å². The molecule has 3 aromatic rings. The van der Waals surface area contributed by atoms with Gasteiger partial charge in [0.05, 0.1) is 5.39 Å². The Hall–Kier alpha value is -2.50. The maximum Gasteiger partial charge on any atom is 0.274 e. The minimum Gasteiger partial charge on any atom is -0.267 e. The summed E-state index contributed by atoms with van der Waals surface area (Å²) in [7, 11) is 1.63. The van der Waals surface area contributed by atoms with E-state index in [1.807, 2.05) is 32.0 Å². The van der Waals surface area contributed by atoms with Crippen LogP contribution in [0.4, 0.5) is 0 Å². The molecule has 0 aliphatic heterocycles. The van der Waals surface area contributed by atoms with E-state index in [0.29, 0.717) is 16.9 Å². The number of nitrogens with one attached hydrogen (secondary N) is 1. The largest absolute Gasteiger partial charge is 0.274 e. The lowest BCUT2D eigenvalue weighted by molar-refractivity contribution is 0.720. The third-order valence-electron chi connectivity index (χ3n) is 3.22. The third kappa shape index (κ3) is 1.89. The molecule has 102 valence electrons. The number of aryl methyl sites for hydroxylation is 1. The van der Waals surface area contributed by atoms with Gasteiger partial charge >= 0.3 is 0 Å². The smallest absolute Gasteiger partial charge is 0.267 e. The van der Waals surface area contributed by atoms with Crippen molar-refractivity contribution in [2.24, 2.45) is 7.05 Å². The van der Waals surface area contributed by atoms with Gasteiger partial charge in [0.2, 0.25) is 5.82 Å². The number of nitrogens with zero attached hydrogens (tertiary/aromatic N) is 4. The molecular weight excluding hydrogens is 254 g/mol. The van der Waals surface area contributed by atoms with Crippen molar-refractivity contribution in [1.82, 2.24) is 25.0 Å². The van der Waals surface area contributed by atoms with E-state index in [9.17, 15) is 4.79 Å². The van der Waals surface area contributed by atoms with E-state index in [4.69, 9.17) is 0 Å². The zero-order valence-corrected chi connectivity index (χ0v) is 11.6. The van der Waals surface area contributed by atoms with Gasteiger partial charge in [-0.1, -0.05) is 32.0 Å². The van der Waals surface area contributed by atoms with Gasteiger partial charge in [0.25, 0.3) is 5.56 Å². The number of rotatable bonds is 2. The van der Waals surface area contributed by atoms with Gasteiger partial charge in [0.15, 0.2) is 0 Å². The highest BCUT2D eigenvalue weighted by Gasteiger charge is 2.15. The molecule has 0 spiro atoms. The molecule has 2 aromatic heterocycles. The molecule has 0 saturated heterocycles. The van der Waals surface area contributed by atoms with E-state index in [0.717, 1.165) is 11.2 Å². The Morgan fingerprint density at radius 2 is 1.90 bits per heavy atom. The quantitative estimate of drug-likeness (QED) is 0.770. The van der Waals surface area contributed by atoms with E-state index < -0.39 is 0 Å². The molecule has 1 aromatic carbocycles. The summed E-state index contributed by atoms with van der Waals surface area (Å²) in [6.07, 6.45) is 0. The highest BCUT2D eigenvalue weighted by Crippen LogP contribution is 2.22. The molecule has 0 bridgehead atoms. The summed E-state index contributed by atoms with van der Waals surface area (Å²) in [5.41, 5.74) is 0.495. The average Bonchev–Trinajstić information content (AvgIpc) is 2.93. The van der Waals surface area contributed by atoms with Crippen LogP contribution < -0.4 is 5.56 Å². The first-order valence-electron chi connectivity index (χ1n) is 6.46. The van der Waals surface area contributed by atoms with Gasteiger partial charge in [-0.05, 0) is 6.07 Å². The summed E-state index contributed by atoms with van der Waals surface area (Å²) in [4.78, 5) is 16.5. The van der Waals surface area contributed by atoms with Crippen LogP contribution in [-0.2, 0) is 7.05 Å². The third-order valence-corrected chi connectivity index (χ3v) is 3.22. The Kier molecular flexibility index (Phi) is 2.85. The molecule has 6 heteroatoms. The lowest BCUT2D eigenvalue weighted by atomic mass is 10.1. The van der Waals surface area contributed by atoms with Crippen LogP contribution in [0.25, 0.3) is 22.3 Å². The molecule has 0 radical (unpaired) electrons. The molecule has 0 atom stereocenters. The number of hydrogen-bond donors (Lipinski definition) is 1. The highest BCUT2D eigenvalue weighted by molar-refractivity contribution is 5.92.